The number of hydrogen-bond donors (Lipinski definition) is 1. The lowest BCUT2D eigenvalue weighted by atomic mass is 9.92. The number of nitrogens with zero attached hydrogens (tertiary/aromatic N) is 3. The summed E-state index contributed by atoms with van der Waals surface area (Å²) in [4.78, 5) is 16.9. The van der Waals surface area contributed by atoms with Crippen LogP contribution in [0.5, 0.6) is 5.88 Å². The Bertz CT molecular complexity index is 979. The predicted molar refractivity (Wildman–Crippen MR) is 104 cm³/mol. The van der Waals surface area contributed by atoms with Crippen molar-refractivity contribution in [2.45, 2.75) is 47.6 Å². The summed E-state index contributed by atoms with van der Waals surface area (Å²) in [7, 11) is 1.56. The smallest absolute Gasteiger partial charge is 0.254 e. The highest BCUT2D eigenvalue weighted by atomic mass is 16.5. The van der Waals surface area contributed by atoms with Gasteiger partial charge in [-0.2, -0.15) is 0 Å². The van der Waals surface area contributed by atoms with Crippen molar-refractivity contribution in [2.75, 3.05) is 12.4 Å². The molecule has 0 atom stereocenters. The van der Waals surface area contributed by atoms with E-state index < -0.39 is 0 Å². The van der Waals surface area contributed by atoms with Crippen molar-refractivity contribution >= 4 is 22.8 Å². The number of fused-ring (bicyclic) bond motifs is 1. The maximum absolute atomic E-state index is 12.3. The van der Waals surface area contributed by atoms with Crippen LogP contribution in [0.1, 0.15) is 44.2 Å². The Morgan fingerprint density at radius 3 is 2.63 bits per heavy atom. The van der Waals surface area contributed by atoms with E-state index in [9.17, 15) is 4.79 Å². The fraction of sp³-hybridized carbons (Fsp3) is 0.450. The summed E-state index contributed by atoms with van der Waals surface area (Å²) in [6, 6.07) is 5.81. The normalized spacial score (nSPS) is 11.8. The Labute approximate surface area is 158 Å². The number of pyridine rings is 1. The van der Waals surface area contributed by atoms with Crippen LogP contribution in [0.25, 0.3) is 11.0 Å². The zero-order valence-corrected chi connectivity index (χ0v) is 16.7. The zero-order chi connectivity index (χ0) is 19.8. The molecule has 0 aliphatic heterocycles. The molecule has 27 heavy (non-hydrogen) atoms. The molecule has 3 heterocycles. The molecule has 1 N–H and O–H groups in total. The van der Waals surface area contributed by atoms with Crippen LogP contribution >= 0.6 is 0 Å². The first-order chi connectivity index (χ1) is 12.7. The first-order valence-electron chi connectivity index (χ1n) is 8.93. The quantitative estimate of drug-likeness (QED) is 0.732. The summed E-state index contributed by atoms with van der Waals surface area (Å²) in [6.45, 7) is 10.6. The number of nitrogens with one attached hydrogen (secondary N) is 1. The van der Waals surface area contributed by atoms with Gasteiger partial charge in [0, 0.05) is 18.2 Å². The number of aryl methyl sites for hydroxylation is 2. The third-order valence-corrected chi connectivity index (χ3v) is 4.29. The number of aromatic nitrogens is 3. The second-order valence-electron chi connectivity index (χ2n) is 8.05. The molecule has 0 spiro atoms. The highest BCUT2D eigenvalue weighted by Gasteiger charge is 2.18. The fourth-order valence-corrected chi connectivity index (χ4v) is 3.02. The van der Waals surface area contributed by atoms with Crippen LogP contribution in [0.4, 0.5) is 5.82 Å². The number of anilines is 1. The summed E-state index contributed by atoms with van der Waals surface area (Å²) in [6.07, 6.45) is 0.444. The van der Waals surface area contributed by atoms with Gasteiger partial charge < -0.3 is 19.1 Å². The standard InChI is InChI=1S/C20H26N4O3/c1-12-7-16-15(21-19(12)22-17(25)10-20(3,4)5)8-13(2)24(16)11-14-9-18(26-6)23-27-14/h7-9H,10-11H2,1-6H3,(H,21,22,25). The lowest BCUT2D eigenvalue weighted by molar-refractivity contribution is -0.117. The number of carbonyl (C=O) groups excluding carboxylic acids is 1. The van der Waals surface area contributed by atoms with E-state index in [1.807, 2.05) is 46.8 Å². The summed E-state index contributed by atoms with van der Waals surface area (Å²) in [5.41, 5.74) is 3.70. The molecule has 3 rings (SSSR count). The molecule has 0 fully saturated rings. The van der Waals surface area contributed by atoms with Crippen molar-refractivity contribution in [3.63, 3.8) is 0 Å². The van der Waals surface area contributed by atoms with Gasteiger partial charge in [-0.05, 0) is 42.1 Å². The minimum Gasteiger partial charge on any atom is -0.479 e. The average Bonchev–Trinajstić information content (AvgIpc) is 3.12. The van der Waals surface area contributed by atoms with Gasteiger partial charge in [0.05, 0.1) is 24.7 Å². The highest BCUT2D eigenvalue weighted by molar-refractivity contribution is 5.92. The SMILES string of the molecule is COc1cc(Cn2c(C)cc3nc(NC(=O)CC(C)(C)C)c(C)cc32)on1. The molecule has 0 bridgehead atoms. The number of ether oxygens (including phenoxy) is 1. The minimum absolute atomic E-state index is 0.0256. The van der Waals surface area contributed by atoms with Gasteiger partial charge in [-0.3, -0.25) is 4.79 Å². The van der Waals surface area contributed by atoms with Crippen LogP contribution in [-0.4, -0.2) is 27.7 Å². The predicted octanol–water partition coefficient (Wildman–Crippen LogP) is 4.07. The molecule has 0 saturated carbocycles. The van der Waals surface area contributed by atoms with Crippen LogP contribution in [0, 0.1) is 19.3 Å². The lowest BCUT2D eigenvalue weighted by Crippen LogP contribution is -2.20. The average molecular weight is 370 g/mol. The van der Waals surface area contributed by atoms with E-state index >= 15 is 0 Å². The van der Waals surface area contributed by atoms with E-state index in [2.05, 4.69) is 20.0 Å². The molecule has 0 aliphatic rings. The van der Waals surface area contributed by atoms with Crippen molar-refractivity contribution in [1.29, 1.82) is 0 Å². The van der Waals surface area contributed by atoms with E-state index in [1.54, 1.807) is 13.2 Å². The van der Waals surface area contributed by atoms with Gasteiger partial charge in [0.2, 0.25) is 5.91 Å². The molecule has 0 aliphatic carbocycles. The van der Waals surface area contributed by atoms with Gasteiger partial charge in [0.1, 0.15) is 5.82 Å². The molecule has 0 saturated heterocycles. The van der Waals surface area contributed by atoms with Gasteiger partial charge in [-0.1, -0.05) is 20.8 Å². The van der Waals surface area contributed by atoms with E-state index in [-0.39, 0.29) is 11.3 Å². The lowest BCUT2D eigenvalue weighted by Gasteiger charge is -2.17. The van der Waals surface area contributed by atoms with Crippen LogP contribution in [0.3, 0.4) is 0 Å². The summed E-state index contributed by atoms with van der Waals surface area (Å²) >= 11 is 0. The topological polar surface area (TPSA) is 82.2 Å². The number of amides is 1. The van der Waals surface area contributed by atoms with E-state index in [0.717, 1.165) is 22.3 Å². The molecule has 0 unspecified atom stereocenters. The van der Waals surface area contributed by atoms with Crippen molar-refractivity contribution in [3.05, 3.63) is 35.2 Å². The number of methoxy groups -OCH3 is 1. The molecule has 7 heteroatoms. The Hall–Kier alpha value is -2.83. The molecule has 3 aromatic rings. The van der Waals surface area contributed by atoms with Crippen LogP contribution in [0.15, 0.2) is 22.7 Å². The van der Waals surface area contributed by atoms with Gasteiger partial charge in [0.15, 0.2) is 5.76 Å². The molecule has 3 aromatic heterocycles. The summed E-state index contributed by atoms with van der Waals surface area (Å²) < 4.78 is 12.5. The highest BCUT2D eigenvalue weighted by Crippen LogP contribution is 2.26. The van der Waals surface area contributed by atoms with Gasteiger partial charge in [-0.25, -0.2) is 4.98 Å². The first kappa shape index (κ1) is 18.9. The summed E-state index contributed by atoms with van der Waals surface area (Å²) in [5, 5.41) is 6.79. The third kappa shape index (κ3) is 4.30. The van der Waals surface area contributed by atoms with E-state index in [0.29, 0.717) is 30.4 Å². The van der Waals surface area contributed by atoms with Gasteiger partial charge >= 0.3 is 0 Å². The monoisotopic (exact) mass is 370 g/mol. The molecule has 144 valence electrons. The Kier molecular flexibility index (Phi) is 4.95. The van der Waals surface area contributed by atoms with Crippen molar-refractivity contribution in [2.24, 2.45) is 5.41 Å². The molecular formula is C20H26N4O3. The molecule has 0 aromatic carbocycles. The Morgan fingerprint density at radius 2 is 2.00 bits per heavy atom. The Morgan fingerprint density at radius 1 is 1.26 bits per heavy atom. The van der Waals surface area contributed by atoms with Crippen LogP contribution in [-0.2, 0) is 11.3 Å². The van der Waals surface area contributed by atoms with Crippen molar-refractivity contribution in [1.82, 2.24) is 14.7 Å². The molecule has 0 radical (unpaired) electrons. The molecule has 7 nitrogen and oxygen atoms in total. The number of carbonyl (C=O) groups is 1. The van der Waals surface area contributed by atoms with Gasteiger partial charge in [-0.15, -0.1) is 0 Å². The number of rotatable bonds is 5. The third-order valence-electron chi connectivity index (χ3n) is 4.29. The van der Waals surface area contributed by atoms with E-state index in [4.69, 9.17) is 9.26 Å². The minimum atomic E-state index is -0.0693. The zero-order valence-electron chi connectivity index (χ0n) is 16.7. The fourth-order valence-electron chi connectivity index (χ4n) is 3.02. The maximum Gasteiger partial charge on any atom is 0.254 e. The van der Waals surface area contributed by atoms with Crippen LogP contribution in [0.2, 0.25) is 0 Å². The second kappa shape index (κ2) is 7.06. The largest absolute Gasteiger partial charge is 0.479 e. The Balaban J connectivity index is 1.89. The van der Waals surface area contributed by atoms with Gasteiger partial charge in [0.25, 0.3) is 5.88 Å². The van der Waals surface area contributed by atoms with Crippen LogP contribution < -0.4 is 10.1 Å². The first-order valence-corrected chi connectivity index (χ1v) is 8.93. The van der Waals surface area contributed by atoms with Crippen molar-refractivity contribution < 1.29 is 14.1 Å². The van der Waals surface area contributed by atoms with E-state index in [1.165, 1.54) is 0 Å². The van der Waals surface area contributed by atoms with Crippen molar-refractivity contribution in [3.8, 4) is 5.88 Å². The maximum atomic E-state index is 12.3. The molecule has 1 amide bonds. The second-order valence-corrected chi connectivity index (χ2v) is 8.05. The number of hydrogen-bond acceptors (Lipinski definition) is 5. The molecular weight excluding hydrogens is 344 g/mol. The summed E-state index contributed by atoms with van der Waals surface area (Å²) in [5.74, 6) is 1.74.